The highest BCUT2D eigenvalue weighted by molar-refractivity contribution is 5.00. The van der Waals surface area contributed by atoms with E-state index in [0.717, 1.165) is 24.5 Å². The largest absolute Gasteiger partial charge is 0.314 e. The molecule has 1 saturated carbocycles. The minimum atomic E-state index is 0.441. The van der Waals surface area contributed by atoms with Crippen molar-refractivity contribution >= 4 is 0 Å². The molecule has 0 radical (unpaired) electrons. The predicted octanol–water partition coefficient (Wildman–Crippen LogP) is 2.64. The van der Waals surface area contributed by atoms with Crippen LogP contribution in [0.5, 0.6) is 0 Å². The molecule has 2 fully saturated rings. The summed E-state index contributed by atoms with van der Waals surface area (Å²) in [5.41, 5.74) is 0.441. The zero-order valence-corrected chi connectivity index (χ0v) is 11.4. The summed E-state index contributed by atoms with van der Waals surface area (Å²) in [6.45, 7) is 11.9. The summed E-state index contributed by atoms with van der Waals surface area (Å²) >= 11 is 0. The average molecular weight is 224 g/mol. The van der Waals surface area contributed by atoms with E-state index in [4.69, 9.17) is 0 Å². The highest BCUT2D eigenvalue weighted by atomic mass is 15.2. The molecule has 0 amide bonds. The van der Waals surface area contributed by atoms with Crippen molar-refractivity contribution in [2.45, 2.75) is 71.0 Å². The summed E-state index contributed by atoms with van der Waals surface area (Å²) in [5.74, 6) is 0.964. The molecular weight excluding hydrogens is 196 g/mol. The molecule has 1 N–H and O–H groups in total. The summed E-state index contributed by atoms with van der Waals surface area (Å²) in [5, 5.41) is 3.61. The Labute approximate surface area is 101 Å². The van der Waals surface area contributed by atoms with Crippen molar-refractivity contribution in [3.8, 4) is 0 Å². The van der Waals surface area contributed by atoms with E-state index in [0.29, 0.717) is 5.54 Å². The first-order chi connectivity index (χ1) is 7.55. The van der Waals surface area contributed by atoms with Gasteiger partial charge in [0.25, 0.3) is 0 Å². The Kier molecular flexibility index (Phi) is 3.60. The molecule has 0 aromatic heterocycles. The van der Waals surface area contributed by atoms with Crippen molar-refractivity contribution < 1.29 is 0 Å². The van der Waals surface area contributed by atoms with E-state index in [1.165, 1.54) is 32.2 Å². The average Bonchev–Trinajstić information content (AvgIpc) is 3.00. The Morgan fingerprint density at radius 2 is 1.94 bits per heavy atom. The first-order valence-electron chi connectivity index (χ1n) is 7.05. The topological polar surface area (TPSA) is 15.3 Å². The molecule has 1 aliphatic carbocycles. The molecule has 0 aromatic rings. The highest BCUT2D eigenvalue weighted by Gasteiger charge is 2.44. The van der Waals surface area contributed by atoms with Crippen LogP contribution in [0.3, 0.4) is 0 Å². The van der Waals surface area contributed by atoms with Gasteiger partial charge in [0.05, 0.1) is 0 Å². The van der Waals surface area contributed by atoms with Crippen molar-refractivity contribution in [1.82, 2.24) is 10.2 Å². The fourth-order valence-electron chi connectivity index (χ4n) is 3.53. The summed E-state index contributed by atoms with van der Waals surface area (Å²) in [4.78, 5) is 2.76. The van der Waals surface area contributed by atoms with E-state index >= 15 is 0 Å². The summed E-state index contributed by atoms with van der Waals surface area (Å²) in [6, 6.07) is 1.50. The molecular formula is C14H28N2. The lowest BCUT2D eigenvalue weighted by Crippen LogP contribution is -2.56. The molecule has 1 saturated heterocycles. The SMILES string of the molecule is CCNC1CCN(C(C)(C)C2CC2)C(C)C1. The first-order valence-corrected chi connectivity index (χ1v) is 7.05. The zero-order chi connectivity index (χ0) is 11.8. The molecule has 94 valence electrons. The fourth-order valence-corrected chi connectivity index (χ4v) is 3.53. The number of nitrogens with one attached hydrogen (secondary N) is 1. The molecule has 2 aliphatic rings. The number of nitrogens with zero attached hydrogens (tertiary/aromatic N) is 1. The zero-order valence-electron chi connectivity index (χ0n) is 11.4. The highest BCUT2D eigenvalue weighted by Crippen LogP contribution is 2.44. The van der Waals surface area contributed by atoms with Gasteiger partial charge < -0.3 is 5.32 Å². The minimum Gasteiger partial charge on any atom is -0.314 e. The standard InChI is InChI=1S/C14H28N2/c1-5-15-13-8-9-16(11(2)10-13)14(3,4)12-6-7-12/h11-13,15H,5-10H2,1-4H3. The quantitative estimate of drug-likeness (QED) is 0.790. The van der Waals surface area contributed by atoms with Gasteiger partial charge in [-0.1, -0.05) is 6.92 Å². The molecule has 1 heterocycles. The van der Waals surface area contributed by atoms with E-state index in [-0.39, 0.29) is 0 Å². The molecule has 2 nitrogen and oxygen atoms in total. The Morgan fingerprint density at radius 1 is 1.25 bits per heavy atom. The maximum absolute atomic E-state index is 3.61. The van der Waals surface area contributed by atoms with Crippen LogP contribution in [0.15, 0.2) is 0 Å². The van der Waals surface area contributed by atoms with E-state index in [2.05, 4.69) is 37.9 Å². The minimum absolute atomic E-state index is 0.441. The fraction of sp³-hybridized carbons (Fsp3) is 1.00. The lowest BCUT2D eigenvalue weighted by atomic mass is 9.88. The lowest BCUT2D eigenvalue weighted by Gasteiger charge is -2.48. The second kappa shape index (κ2) is 4.66. The molecule has 2 atom stereocenters. The van der Waals surface area contributed by atoms with Crippen LogP contribution in [0.25, 0.3) is 0 Å². The lowest BCUT2D eigenvalue weighted by molar-refractivity contribution is 0.0231. The van der Waals surface area contributed by atoms with Crippen LogP contribution in [0.2, 0.25) is 0 Å². The molecule has 0 aromatic carbocycles. The van der Waals surface area contributed by atoms with Crippen LogP contribution in [0.1, 0.15) is 53.4 Å². The van der Waals surface area contributed by atoms with E-state index in [1.54, 1.807) is 0 Å². The number of hydrogen-bond donors (Lipinski definition) is 1. The third kappa shape index (κ3) is 2.43. The number of hydrogen-bond acceptors (Lipinski definition) is 2. The van der Waals surface area contributed by atoms with Gasteiger partial charge in [0.15, 0.2) is 0 Å². The maximum atomic E-state index is 3.61. The second-order valence-electron chi connectivity index (χ2n) is 6.25. The summed E-state index contributed by atoms with van der Waals surface area (Å²) in [7, 11) is 0. The Morgan fingerprint density at radius 3 is 2.44 bits per heavy atom. The number of likely N-dealkylation sites (tertiary alicyclic amines) is 1. The normalized spacial score (nSPS) is 33.0. The van der Waals surface area contributed by atoms with Crippen molar-refractivity contribution in [2.75, 3.05) is 13.1 Å². The van der Waals surface area contributed by atoms with Crippen molar-refractivity contribution in [2.24, 2.45) is 5.92 Å². The Hall–Kier alpha value is -0.0800. The molecule has 0 bridgehead atoms. The van der Waals surface area contributed by atoms with E-state index in [9.17, 15) is 0 Å². The van der Waals surface area contributed by atoms with Crippen molar-refractivity contribution in [3.05, 3.63) is 0 Å². The number of rotatable bonds is 4. The second-order valence-corrected chi connectivity index (χ2v) is 6.25. The van der Waals surface area contributed by atoms with Crippen LogP contribution < -0.4 is 5.32 Å². The van der Waals surface area contributed by atoms with Gasteiger partial charge in [-0.3, -0.25) is 4.90 Å². The molecule has 1 aliphatic heterocycles. The van der Waals surface area contributed by atoms with Gasteiger partial charge in [-0.05, 0) is 58.9 Å². The molecule has 16 heavy (non-hydrogen) atoms. The van der Waals surface area contributed by atoms with E-state index < -0.39 is 0 Å². The molecule has 0 spiro atoms. The molecule has 2 unspecified atom stereocenters. The van der Waals surface area contributed by atoms with Crippen LogP contribution in [0.4, 0.5) is 0 Å². The predicted molar refractivity (Wildman–Crippen MR) is 69.7 cm³/mol. The van der Waals surface area contributed by atoms with Gasteiger partial charge in [-0.2, -0.15) is 0 Å². The van der Waals surface area contributed by atoms with Gasteiger partial charge in [-0.15, -0.1) is 0 Å². The Balaban J connectivity index is 1.93. The van der Waals surface area contributed by atoms with Crippen LogP contribution in [-0.2, 0) is 0 Å². The van der Waals surface area contributed by atoms with Gasteiger partial charge in [0.1, 0.15) is 0 Å². The number of piperidine rings is 1. The van der Waals surface area contributed by atoms with Crippen LogP contribution >= 0.6 is 0 Å². The third-order valence-corrected chi connectivity index (χ3v) is 4.69. The first kappa shape index (κ1) is 12.4. The summed E-state index contributed by atoms with van der Waals surface area (Å²) < 4.78 is 0. The van der Waals surface area contributed by atoms with E-state index in [1.807, 2.05) is 0 Å². The monoisotopic (exact) mass is 224 g/mol. The van der Waals surface area contributed by atoms with Gasteiger partial charge in [0, 0.05) is 24.2 Å². The smallest absolute Gasteiger partial charge is 0.0184 e. The van der Waals surface area contributed by atoms with Crippen molar-refractivity contribution in [1.29, 1.82) is 0 Å². The van der Waals surface area contributed by atoms with Crippen LogP contribution in [-0.4, -0.2) is 35.6 Å². The van der Waals surface area contributed by atoms with Gasteiger partial charge in [-0.25, -0.2) is 0 Å². The maximum Gasteiger partial charge on any atom is 0.0184 e. The van der Waals surface area contributed by atoms with Crippen molar-refractivity contribution in [3.63, 3.8) is 0 Å². The van der Waals surface area contributed by atoms with Crippen LogP contribution in [0, 0.1) is 5.92 Å². The van der Waals surface area contributed by atoms with Gasteiger partial charge in [0.2, 0.25) is 0 Å². The molecule has 2 rings (SSSR count). The third-order valence-electron chi connectivity index (χ3n) is 4.69. The molecule has 2 heteroatoms. The van der Waals surface area contributed by atoms with Gasteiger partial charge >= 0.3 is 0 Å². The Bertz CT molecular complexity index is 233. The summed E-state index contributed by atoms with van der Waals surface area (Å²) in [6.07, 6.45) is 5.55.